The molecule has 1 aromatic heterocycles. The van der Waals surface area contributed by atoms with E-state index in [1.165, 1.54) is 0 Å². The molecule has 0 amide bonds. The van der Waals surface area contributed by atoms with Crippen molar-refractivity contribution >= 4 is 12.3 Å². The molecule has 2 heteroatoms. The Kier molecular flexibility index (Phi) is 12.7. The molecule has 0 aromatic carbocycles. The van der Waals surface area contributed by atoms with E-state index in [4.69, 9.17) is 0 Å². The second-order valence-corrected chi connectivity index (χ2v) is 1.89. The van der Waals surface area contributed by atoms with E-state index in [1.807, 2.05) is 53.0 Å². The van der Waals surface area contributed by atoms with Gasteiger partial charge in [0.2, 0.25) is 0 Å². The molecule has 0 radical (unpaired) electrons. The van der Waals surface area contributed by atoms with Crippen LogP contribution in [-0.4, -0.2) is 9.78 Å². The van der Waals surface area contributed by atoms with Gasteiger partial charge in [0.15, 0.2) is 0 Å². The van der Waals surface area contributed by atoms with Gasteiger partial charge >= 0.3 is 0 Å². The van der Waals surface area contributed by atoms with Crippen LogP contribution in [0.2, 0.25) is 0 Å². The fourth-order valence-corrected chi connectivity index (χ4v) is 0.752. The highest BCUT2D eigenvalue weighted by Gasteiger charge is 1.90. The van der Waals surface area contributed by atoms with Crippen LogP contribution in [0.25, 0.3) is 12.3 Å². The summed E-state index contributed by atoms with van der Waals surface area (Å²) in [6.45, 7) is 13.6. The topological polar surface area (TPSA) is 17.8 Å². The Morgan fingerprint density at radius 2 is 1.86 bits per heavy atom. The lowest BCUT2D eigenvalue weighted by atomic mass is 10.4. The molecule has 0 aliphatic rings. The summed E-state index contributed by atoms with van der Waals surface area (Å²) >= 11 is 0. The molecule has 1 heterocycles. The summed E-state index contributed by atoms with van der Waals surface area (Å²) in [6, 6.07) is 1.91. The molecule has 14 heavy (non-hydrogen) atoms. The Morgan fingerprint density at radius 3 is 2.29 bits per heavy atom. The van der Waals surface area contributed by atoms with Crippen molar-refractivity contribution in [2.45, 2.75) is 34.6 Å². The monoisotopic (exact) mass is 194 g/mol. The normalized spacial score (nSPS) is 8.36. The maximum absolute atomic E-state index is 4.04. The first kappa shape index (κ1) is 15.2. The standard InChI is InChI=1S/C8H10N2.2C2H6/c1-3-7-10-8(4-2)5-6-9-10;2*1-2/h3-7H,2H2,1H3;2*1-2H3/b7-3-;;. The van der Waals surface area contributed by atoms with E-state index in [1.54, 1.807) is 17.0 Å². The van der Waals surface area contributed by atoms with Gasteiger partial charge in [-0.3, -0.25) is 0 Å². The van der Waals surface area contributed by atoms with E-state index in [9.17, 15) is 0 Å². The molecule has 1 rings (SSSR count). The second-order valence-electron chi connectivity index (χ2n) is 1.89. The minimum absolute atomic E-state index is 1.01. The van der Waals surface area contributed by atoms with Crippen LogP contribution in [0.4, 0.5) is 0 Å². The van der Waals surface area contributed by atoms with Crippen molar-refractivity contribution in [3.8, 4) is 0 Å². The summed E-state index contributed by atoms with van der Waals surface area (Å²) in [5.74, 6) is 0. The quantitative estimate of drug-likeness (QED) is 0.694. The Balaban J connectivity index is 0. The first-order valence-corrected chi connectivity index (χ1v) is 5.17. The molecule has 0 saturated heterocycles. The van der Waals surface area contributed by atoms with Crippen LogP contribution in [0.5, 0.6) is 0 Å². The van der Waals surface area contributed by atoms with Gasteiger partial charge in [-0.15, -0.1) is 0 Å². The molecule has 0 N–H and O–H groups in total. The fraction of sp³-hybridized carbons (Fsp3) is 0.417. The molecule has 0 spiro atoms. The molecule has 0 unspecified atom stereocenters. The predicted molar refractivity (Wildman–Crippen MR) is 66.0 cm³/mol. The summed E-state index contributed by atoms with van der Waals surface area (Å²) in [4.78, 5) is 0. The number of nitrogens with zero attached hydrogens (tertiary/aromatic N) is 2. The van der Waals surface area contributed by atoms with Crippen LogP contribution < -0.4 is 0 Å². The van der Waals surface area contributed by atoms with Gasteiger partial charge in [0.1, 0.15) is 0 Å². The van der Waals surface area contributed by atoms with Crippen LogP contribution in [0, 0.1) is 0 Å². The molecule has 0 bridgehead atoms. The summed E-state index contributed by atoms with van der Waals surface area (Å²) < 4.78 is 1.77. The van der Waals surface area contributed by atoms with Crippen LogP contribution >= 0.6 is 0 Å². The SMILES string of the molecule is C=Cc1ccnn1/C=C\C.CC.CC. The summed E-state index contributed by atoms with van der Waals surface area (Å²) in [7, 11) is 0. The first-order chi connectivity index (χ1) is 6.88. The van der Waals surface area contributed by atoms with Crippen molar-refractivity contribution in [3.05, 3.63) is 30.6 Å². The number of rotatable bonds is 2. The van der Waals surface area contributed by atoms with E-state index in [2.05, 4.69) is 11.7 Å². The van der Waals surface area contributed by atoms with E-state index >= 15 is 0 Å². The lowest BCUT2D eigenvalue weighted by Gasteiger charge is -1.92. The zero-order valence-corrected chi connectivity index (χ0v) is 9.99. The minimum Gasteiger partial charge on any atom is -0.241 e. The Hall–Kier alpha value is -1.31. The fourth-order valence-electron chi connectivity index (χ4n) is 0.752. The molecule has 0 saturated carbocycles. The summed E-state index contributed by atoms with van der Waals surface area (Å²) in [5, 5.41) is 4.04. The van der Waals surface area contributed by atoms with Gasteiger partial charge in [0.05, 0.1) is 5.69 Å². The molecular weight excluding hydrogens is 172 g/mol. The van der Waals surface area contributed by atoms with Crippen molar-refractivity contribution in [1.29, 1.82) is 0 Å². The number of hydrogen-bond acceptors (Lipinski definition) is 1. The Bertz CT molecular complexity index is 247. The molecular formula is C12H22N2. The Morgan fingerprint density at radius 1 is 1.29 bits per heavy atom. The highest BCUT2D eigenvalue weighted by Crippen LogP contribution is 1.99. The zero-order valence-electron chi connectivity index (χ0n) is 9.99. The molecule has 0 atom stereocenters. The van der Waals surface area contributed by atoms with Crippen molar-refractivity contribution < 1.29 is 0 Å². The number of aromatic nitrogens is 2. The average Bonchev–Trinajstić information content (AvgIpc) is 2.72. The lowest BCUT2D eigenvalue weighted by molar-refractivity contribution is 0.923. The van der Waals surface area contributed by atoms with E-state index in [0.717, 1.165) is 5.69 Å². The predicted octanol–water partition coefficient (Wildman–Crippen LogP) is 4.07. The van der Waals surface area contributed by atoms with E-state index in [-0.39, 0.29) is 0 Å². The van der Waals surface area contributed by atoms with Gasteiger partial charge in [0.25, 0.3) is 0 Å². The van der Waals surface area contributed by atoms with Crippen molar-refractivity contribution in [2.24, 2.45) is 0 Å². The van der Waals surface area contributed by atoms with Gasteiger partial charge in [-0.1, -0.05) is 40.3 Å². The molecule has 1 aromatic rings. The van der Waals surface area contributed by atoms with Gasteiger partial charge in [-0.25, -0.2) is 4.68 Å². The molecule has 0 aliphatic heterocycles. The van der Waals surface area contributed by atoms with Gasteiger partial charge < -0.3 is 0 Å². The Labute approximate surface area is 88.0 Å². The summed E-state index contributed by atoms with van der Waals surface area (Å²) in [6.07, 6.45) is 7.33. The van der Waals surface area contributed by atoms with Crippen LogP contribution in [0.15, 0.2) is 24.9 Å². The largest absolute Gasteiger partial charge is 0.241 e. The molecule has 2 nitrogen and oxygen atoms in total. The number of allylic oxidation sites excluding steroid dienone is 1. The maximum Gasteiger partial charge on any atom is 0.0655 e. The highest BCUT2D eigenvalue weighted by atomic mass is 15.3. The minimum atomic E-state index is 1.01. The first-order valence-electron chi connectivity index (χ1n) is 5.17. The van der Waals surface area contributed by atoms with Crippen molar-refractivity contribution in [2.75, 3.05) is 0 Å². The molecule has 80 valence electrons. The van der Waals surface area contributed by atoms with Crippen molar-refractivity contribution in [1.82, 2.24) is 9.78 Å². The van der Waals surface area contributed by atoms with Gasteiger partial charge in [-0.05, 0) is 19.1 Å². The average molecular weight is 194 g/mol. The maximum atomic E-state index is 4.04. The lowest BCUT2D eigenvalue weighted by Crippen LogP contribution is -1.89. The molecule has 0 aliphatic carbocycles. The van der Waals surface area contributed by atoms with E-state index in [0.29, 0.717) is 0 Å². The third kappa shape index (κ3) is 5.36. The van der Waals surface area contributed by atoms with E-state index < -0.39 is 0 Å². The smallest absolute Gasteiger partial charge is 0.0655 e. The van der Waals surface area contributed by atoms with Crippen molar-refractivity contribution in [3.63, 3.8) is 0 Å². The van der Waals surface area contributed by atoms with Gasteiger partial charge in [0, 0.05) is 12.4 Å². The molecule has 0 fully saturated rings. The third-order valence-electron chi connectivity index (χ3n) is 1.20. The number of hydrogen-bond donors (Lipinski definition) is 0. The summed E-state index contributed by atoms with van der Waals surface area (Å²) in [5.41, 5.74) is 1.01. The van der Waals surface area contributed by atoms with Crippen LogP contribution in [-0.2, 0) is 0 Å². The second kappa shape index (κ2) is 11.7. The zero-order chi connectivity index (χ0) is 11.4. The highest BCUT2D eigenvalue weighted by molar-refractivity contribution is 5.45. The van der Waals surface area contributed by atoms with Crippen LogP contribution in [0.1, 0.15) is 40.3 Å². The third-order valence-corrected chi connectivity index (χ3v) is 1.20. The van der Waals surface area contributed by atoms with Gasteiger partial charge in [-0.2, -0.15) is 5.10 Å². The van der Waals surface area contributed by atoms with Crippen LogP contribution in [0.3, 0.4) is 0 Å².